The molecule has 1 saturated heterocycles. The number of hydrogen-bond donors (Lipinski definition) is 1. The Kier molecular flexibility index (Phi) is 3.74. The fourth-order valence-corrected chi connectivity index (χ4v) is 1.38. The minimum absolute atomic E-state index is 0.308. The van der Waals surface area contributed by atoms with Gasteiger partial charge in [-0.3, -0.25) is 4.90 Å². The van der Waals surface area contributed by atoms with Crippen LogP contribution in [0.3, 0.4) is 0 Å². The van der Waals surface area contributed by atoms with Gasteiger partial charge < -0.3 is 10.0 Å². The van der Waals surface area contributed by atoms with Crippen LogP contribution < -0.4 is 0 Å². The van der Waals surface area contributed by atoms with Gasteiger partial charge in [-0.25, -0.2) is 0 Å². The number of β-amino-alcohol motifs (C(OH)–C–C–N with tert-alkyl or cyclic N) is 1. The van der Waals surface area contributed by atoms with Gasteiger partial charge in [0.25, 0.3) is 0 Å². The molecular formula is C8H15F3N2O. The van der Waals surface area contributed by atoms with Gasteiger partial charge in [-0.05, 0) is 7.05 Å². The van der Waals surface area contributed by atoms with E-state index in [1.165, 1.54) is 0 Å². The lowest BCUT2D eigenvalue weighted by atomic mass is 10.2. The molecule has 0 aromatic heterocycles. The second-order valence-electron chi connectivity index (χ2n) is 3.66. The molecule has 0 amide bonds. The fourth-order valence-electron chi connectivity index (χ4n) is 1.38. The highest BCUT2D eigenvalue weighted by Gasteiger charge is 2.39. The lowest BCUT2D eigenvalue weighted by Crippen LogP contribution is -2.49. The molecule has 6 heteroatoms. The lowest BCUT2D eigenvalue weighted by molar-refractivity contribution is -0.208. The molecule has 14 heavy (non-hydrogen) atoms. The highest BCUT2D eigenvalue weighted by Crippen LogP contribution is 2.20. The van der Waals surface area contributed by atoms with Crippen LogP contribution in [0.1, 0.15) is 0 Å². The summed E-state index contributed by atoms with van der Waals surface area (Å²) in [4.78, 5) is 3.69. The average molecular weight is 212 g/mol. The first-order valence-electron chi connectivity index (χ1n) is 4.55. The normalized spacial score (nSPS) is 23.8. The van der Waals surface area contributed by atoms with Crippen LogP contribution >= 0.6 is 0 Å². The number of rotatable bonds is 2. The predicted molar refractivity (Wildman–Crippen MR) is 46.0 cm³/mol. The first kappa shape index (κ1) is 11.7. The molecule has 1 heterocycles. The minimum atomic E-state index is -4.50. The fraction of sp³-hybridized carbons (Fsp3) is 1.00. The van der Waals surface area contributed by atoms with E-state index < -0.39 is 12.3 Å². The summed E-state index contributed by atoms with van der Waals surface area (Å²) in [6, 6.07) is 0. The van der Waals surface area contributed by atoms with Gasteiger partial charge in [-0.1, -0.05) is 0 Å². The Labute approximate surface area is 81.1 Å². The van der Waals surface area contributed by atoms with Crippen LogP contribution in [0, 0.1) is 0 Å². The highest BCUT2D eigenvalue weighted by molar-refractivity contribution is 4.75. The van der Waals surface area contributed by atoms with Gasteiger partial charge in [0.15, 0.2) is 6.10 Å². The number of alkyl halides is 3. The number of nitrogens with zero attached hydrogens (tertiary/aromatic N) is 2. The zero-order valence-corrected chi connectivity index (χ0v) is 8.09. The summed E-state index contributed by atoms with van der Waals surface area (Å²) in [5.41, 5.74) is 0. The molecule has 0 saturated carbocycles. The second-order valence-corrected chi connectivity index (χ2v) is 3.66. The molecule has 1 N–H and O–H groups in total. The van der Waals surface area contributed by atoms with Gasteiger partial charge in [-0.15, -0.1) is 0 Å². The third-order valence-corrected chi connectivity index (χ3v) is 2.40. The molecule has 0 aromatic carbocycles. The molecule has 0 spiro atoms. The summed E-state index contributed by atoms with van der Waals surface area (Å²) in [6.45, 7) is 2.37. The van der Waals surface area contributed by atoms with Gasteiger partial charge >= 0.3 is 6.18 Å². The summed E-state index contributed by atoms with van der Waals surface area (Å²) in [5.74, 6) is 0. The molecule has 0 aromatic rings. The van der Waals surface area contributed by atoms with Gasteiger partial charge in [0.2, 0.25) is 0 Å². The SMILES string of the molecule is CN1CCN(C[C@@H](O)C(F)(F)F)CC1. The zero-order chi connectivity index (χ0) is 10.8. The quantitative estimate of drug-likeness (QED) is 0.706. The largest absolute Gasteiger partial charge is 0.415 e. The number of piperazine rings is 1. The van der Waals surface area contributed by atoms with Crippen molar-refractivity contribution < 1.29 is 18.3 Å². The Morgan fingerprint density at radius 3 is 2.14 bits per heavy atom. The topological polar surface area (TPSA) is 26.7 Å². The van der Waals surface area contributed by atoms with E-state index in [0.717, 1.165) is 13.1 Å². The first-order valence-corrected chi connectivity index (χ1v) is 4.55. The van der Waals surface area contributed by atoms with Crippen molar-refractivity contribution in [2.45, 2.75) is 12.3 Å². The van der Waals surface area contributed by atoms with Gasteiger partial charge in [0.05, 0.1) is 0 Å². The van der Waals surface area contributed by atoms with E-state index in [4.69, 9.17) is 5.11 Å². The number of halogens is 3. The van der Waals surface area contributed by atoms with Crippen molar-refractivity contribution in [3.05, 3.63) is 0 Å². The molecule has 1 aliphatic heterocycles. The van der Waals surface area contributed by atoms with E-state index in [1.54, 1.807) is 4.90 Å². The molecule has 3 nitrogen and oxygen atoms in total. The maximum Gasteiger partial charge on any atom is 0.415 e. The third kappa shape index (κ3) is 3.43. The highest BCUT2D eigenvalue weighted by atomic mass is 19.4. The van der Waals surface area contributed by atoms with Crippen LogP contribution in [0.25, 0.3) is 0 Å². The van der Waals surface area contributed by atoms with Crippen molar-refractivity contribution in [3.8, 4) is 0 Å². The smallest absolute Gasteiger partial charge is 0.382 e. The van der Waals surface area contributed by atoms with E-state index in [9.17, 15) is 13.2 Å². The van der Waals surface area contributed by atoms with Crippen molar-refractivity contribution in [2.24, 2.45) is 0 Å². The van der Waals surface area contributed by atoms with Crippen LogP contribution in [0.4, 0.5) is 13.2 Å². The summed E-state index contributed by atoms with van der Waals surface area (Å²) in [7, 11) is 1.93. The maximum atomic E-state index is 12.0. The van der Waals surface area contributed by atoms with Crippen molar-refractivity contribution in [1.29, 1.82) is 0 Å². The third-order valence-electron chi connectivity index (χ3n) is 2.40. The number of aliphatic hydroxyl groups is 1. The van der Waals surface area contributed by atoms with Crippen LogP contribution in [-0.4, -0.2) is 67.0 Å². The van der Waals surface area contributed by atoms with Crippen LogP contribution in [-0.2, 0) is 0 Å². The van der Waals surface area contributed by atoms with Crippen molar-refractivity contribution >= 4 is 0 Å². The lowest BCUT2D eigenvalue weighted by Gasteiger charge is -2.33. The van der Waals surface area contributed by atoms with Crippen LogP contribution in [0.5, 0.6) is 0 Å². The van der Waals surface area contributed by atoms with Crippen LogP contribution in [0.2, 0.25) is 0 Å². The van der Waals surface area contributed by atoms with E-state index in [1.807, 2.05) is 7.05 Å². The Balaban J connectivity index is 2.31. The van der Waals surface area contributed by atoms with E-state index in [0.29, 0.717) is 13.1 Å². The average Bonchev–Trinajstić information content (AvgIpc) is 2.07. The van der Waals surface area contributed by atoms with E-state index in [-0.39, 0.29) is 6.54 Å². The Bertz CT molecular complexity index is 178. The van der Waals surface area contributed by atoms with E-state index in [2.05, 4.69) is 4.90 Å². The number of aliphatic hydroxyl groups excluding tert-OH is 1. The molecular weight excluding hydrogens is 197 g/mol. The minimum Gasteiger partial charge on any atom is -0.382 e. The first-order chi connectivity index (χ1) is 6.39. The number of likely N-dealkylation sites (N-methyl/N-ethyl adjacent to an activating group) is 1. The van der Waals surface area contributed by atoms with Crippen molar-refractivity contribution in [1.82, 2.24) is 9.80 Å². The van der Waals surface area contributed by atoms with Crippen LogP contribution in [0.15, 0.2) is 0 Å². The molecule has 1 atom stereocenters. The Morgan fingerprint density at radius 1 is 1.21 bits per heavy atom. The van der Waals surface area contributed by atoms with E-state index >= 15 is 0 Å². The summed E-state index contributed by atoms with van der Waals surface area (Å²) in [6.07, 6.45) is -6.71. The molecule has 0 radical (unpaired) electrons. The molecule has 0 unspecified atom stereocenters. The van der Waals surface area contributed by atoms with Gasteiger partial charge in [0.1, 0.15) is 0 Å². The van der Waals surface area contributed by atoms with Gasteiger partial charge in [-0.2, -0.15) is 13.2 Å². The maximum absolute atomic E-state index is 12.0. The summed E-state index contributed by atoms with van der Waals surface area (Å²) in [5, 5.41) is 8.82. The molecule has 0 aliphatic carbocycles. The Hall–Kier alpha value is -0.330. The molecule has 1 fully saturated rings. The second kappa shape index (κ2) is 4.46. The molecule has 84 valence electrons. The zero-order valence-electron chi connectivity index (χ0n) is 8.09. The van der Waals surface area contributed by atoms with Crippen molar-refractivity contribution in [3.63, 3.8) is 0 Å². The summed E-state index contributed by atoms with van der Waals surface area (Å²) >= 11 is 0. The van der Waals surface area contributed by atoms with Gasteiger partial charge in [0, 0.05) is 32.7 Å². The standard InChI is InChI=1S/C8H15F3N2O/c1-12-2-4-13(5-3-12)6-7(14)8(9,10)11/h7,14H,2-6H2,1H3/t7-/m1/s1. The number of hydrogen-bond acceptors (Lipinski definition) is 3. The molecule has 1 aliphatic rings. The molecule has 0 bridgehead atoms. The summed E-state index contributed by atoms with van der Waals surface area (Å²) < 4.78 is 36.0. The Morgan fingerprint density at radius 2 is 1.71 bits per heavy atom. The molecule has 1 rings (SSSR count). The monoisotopic (exact) mass is 212 g/mol. The van der Waals surface area contributed by atoms with Crippen molar-refractivity contribution in [2.75, 3.05) is 39.8 Å². The predicted octanol–water partition coefficient (Wildman–Crippen LogP) is 0.157.